The van der Waals surface area contributed by atoms with E-state index in [1.165, 1.54) is 4.90 Å². The van der Waals surface area contributed by atoms with Gasteiger partial charge in [0.25, 0.3) is 0 Å². The summed E-state index contributed by atoms with van der Waals surface area (Å²) in [6, 6.07) is 13.9. The highest BCUT2D eigenvalue weighted by molar-refractivity contribution is 6.30. The number of carboxylic acid groups (broad SMARTS) is 2. The van der Waals surface area contributed by atoms with Crippen molar-refractivity contribution in [3.05, 3.63) is 65.3 Å². The van der Waals surface area contributed by atoms with E-state index in [4.69, 9.17) is 21.4 Å². The van der Waals surface area contributed by atoms with Crippen LogP contribution in [0.15, 0.2) is 65.3 Å². The van der Waals surface area contributed by atoms with E-state index in [0.29, 0.717) is 34.8 Å². The van der Waals surface area contributed by atoms with Gasteiger partial charge in [0.1, 0.15) is 11.4 Å². The minimum atomic E-state index is -1.36. The maximum Gasteiger partial charge on any atom is 0.352 e. The zero-order valence-corrected chi connectivity index (χ0v) is 15.3. The van der Waals surface area contributed by atoms with Crippen molar-refractivity contribution in [1.82, 2.24) is 4.90 Å². The summed E-state index contributed by atoms with van der Waals surface area (Å²) in [5, 5.41) is 21.8. The minimum absolute atomic E-state index is 0.219. The Hall–Kier alpha value is -3.52. The number of guanidine groups is 1. The molecule has 1 heterocycles. The highest BCUT2D eigenvalue weighted by atomic mass is 35.5. The Morgan fingerprint density at radius 1 is 1.18 bits per heavy atom. The summed E-state index contributed by atoms with van der Waals surface area (Å²) in [6.45, 7) is 0.564. The van der Waals surface area contributed by atoms with Crippen molar-refractivity contribution in [3.63, 3.8) is 0 Å². The van der Waals surface area contributed by atoms with Crippen molar-refractivity contribution < 1.29 is 24.5 Å². The highest BCUT2D eigenvalue weighted by Gasteiger charge is 2.26. The van der Waals surface area contributed by atoms with Gasteiger partial charge in [0.2, 0.25) is 5.96 Å². The number of anilines is 1. The molecule has 0 aliphatic carbocycles. The van der Waals surface area contributed by atoms with Gasteiger partial charge < -0.3 is 25.2 Å². The molecule has 1 aliphatic rings. The third kappa shape index (κ3) is 4.60. The molecule has 0 bridgehead atoms. The number of hydrogen-bond acceptors (Lipinski definition) is 6. The maximum absolute atomic E-state index is 11.5. The molecular weight excluding hydrogens is 386 g/mol. The van der Waals surface area contributed by atoms with Gasteiger partial charge in [-0.05, 0) is 30.3 Å². The topological polar surface area (TPSA) is 111 Å². The van der Waals surface area contributed by atoms with Crippen molar-refractivity contribution in [1.29, 1.82) is 0 Å². The minimum Gasteiger partial charge on any atom is -0.478 e. The first-order valence-corrected chi connectivity index (χ1v) is 8.61. The molecule has 144 valence electrons. The standard InChI is InChI=1S/C19H16ClN3O5/c20-12-4-3-5-13(10-12)28-16-7-2-1-6-14(16)22-19-21-8-9-23(19)15(18(26)27)11-17(24)25/h1-7,10-11H,8-9H2,(H,21,22)(H,24,25)(H,26,27)/b15-11-. The van der Waals surface area contributed by atoms with E-state index in [1.54, 1.807) is 48.5 Å². The van der Waals surface area contributed by atoms with Crippen LogP contribution in [0.2, 0.25) is 5.02 Å². The number of aliphatic imine (C=N–C) groups is 1. The molecule has 3 rings (SSSR count). The summed E-state index contributed by atoms with van der Waals surface area (Å²) < 4.78 is 5.86. The number of carboxylic acids is 2. The molecule has 2 aromatic rings. The van der Waals surface area contributed by atoms with Gasteiger partial charge >= 0.3 is 11.9 Å². The molecule has 0 amide bonds. The van der Waals surface area contributed by atoms with E-state index in [2.05, 4.69) is 10.3 Å². The van der Waals surface area contributed by atoms with Gasteiger partial charge in [0.15, 0.2) is 5.75 Å². The second kappa shape index (κ2) is 8.45. The van der Waals surface area contributed by atoms with E-state index in [9.17, 15) is 14.7 Å². The number of carbonyl (C=O) groups is 2. The van der Waals surface area contributed by atoms with Crippen molar-refractivity contribution in [2.75, 3.05) is 18.4 Å². The predicted molar refractivity (Wildman–Crippen MR) is 104 cm³/mol. The number of ether oxygens (including phenoxy) is 1. The molecular formula is C19H16ClN3O5. The maximum atomic E-state index is 11.5. The molecule has 2 aromatic carbocycles. The molecule has 0 radical (unpaired) electrons. The van der Waals surface area contributed by atoms with E-state index in [1.807, 2.05) is 0 Å². The first-order valence-electron chi connectivity index (χ1n) is 8.23. The third-order valence-electron chi connectivity index (χ3n) is 3.77. The van der Waals surface area contributed by atoms with Crippen LogP contribution in [0.25, 0.3) is 0 Å². The fourth-order valence-electron chi connectivity index (χ4n) is 2.60. The van der Waals surface area contributed by atoms with Crippen LogP contribution in [0.3, 0.4) is 0 Å². The normalized spacial score (nSPS) is 13.8. The fourth-order valence-corrected chi connectivity index (χ4v) is 2.78. The average molecular weight is 402 g/mol. The van der Waals surface area contributed by atoms with E-state index >= 15 is 0 Å². The smallest absolute Gasteiger partial charge is 0.352 e. The van der Waals surface area contributed by atoms with Crippen LogP contribution in [0.5, 0.6) is 11.5 Å². The Kier molecular flexibility index (Phi) is 5.81. The second-order valence-electron chi connectivity index (χ2n) is 5.71. The predicted octanol–water partition coefficient (Wildman–Crippen LogP) is 3.27. The lowest BCUT2D eigenvalue weighted by atomic mass is 10.3. The average Bonchev–Trinajstić information content (AvgIpc) is 3.09. The van der Waals surface area contributed by atoms with Gasteiger partial charge in [-0.15, -0.1) is 0 Å². The lowest BCUT2D eigenvalue weighted by Crippen LogP contribution is -2.36. The van der Waals surface area contributed by atoms with Crippen molar-refractivity contribution in [2.24, 2.45) is 4.99 Å². The zero-order valence-electron chi connectivity index (χ0n) is 14.5. The molecule has 0 fully saturated rings. The van der Waals surface area contributed by atoms with Crippen LogP contribution in [0.4, 0.5) is 5.69 Å². The molecule has 3 N–H and O–H groups in total. The zero-order chi connectivity index (χ0) is 20.1. The SMILES string of the molecule is O=C(O)/C=C(/C(=O)O)N1CCN=C1Nc1ccccc1Oc1cccc(Cl)c1. The van der Waals surface area contributed by atoms with E-state index < -0.39 is 11.9 Å². The summed E-state index contributed by atoms with van der Waals surface area (Å²) in [4.78, 5) is 28.0. The fraction of sp³-hybridized carbons (Fsp3) is 0.105. The molecule has 9 heteroatoms. The summed E-state index contributed by atoms with van der Waals surface area (Å²) in [5.74, 6) is -1.49. The third-order valence-corrected chi connectivity index (χ3v) is 4.00. The first-order chi connectivity index (χ1) is 13.4. The Morgan fingerprint density at radius 3 is 2.68 bits per heavy atom. The van der Waals surface area contributed by atoms with Crippen LogP contribution >= 0.6 is 11.6 Å². The van der Waals surface area contributed by atoms with Crippen molar-refractivity contribution in [2.45, 2.75) is 0 Å². The summed E-state index contributed by atoms with van der Waals surface area (Å²) in [5.41, 5.74) is 0.151. The van der Waals surface area contributed by atoms with Gasteiger partial charge in [-0.25, -0.2) is 9.59 Å². The molecule has 0 spiro atoms. The van der Waals surface area contributed by atoms with Gasteiger partial charge in [-0.2, -0.15) is 0 Å². The number of nitrogens with zero attached hydrogens (tertiary/aromatic N) is 2. The largest absolute Gasteiger partial charge is 0.478 e. The Labute approximate surface area is 165 Å². The number of para-hydroxylation sites is 2. The van der Waals surface area contributed by atoms with Crippen molar-refractivity contribution >= 4 is 35.2 Å². The lowest BCUT2D eigenvalue weighted by molar-refractivity contribution is -0.136. The molecule has 0 atom stereocenters. The number of benzene rings is 2. The number of rotatable bonds is 6. The van der Waals surface area contributed by atoms with E-state index in [-0.39, 0.29) is 18.2 Å². The molecule has 28 heavy (non-hydrogen) atoms. The second-order valence-corrected chi connectivity index (χ2v) is 6.15. The van der Waals surface area contributed by atoms with Gasteiger partial charge in [0, 0.05) is 11.6 Å². The monoisotopic (exact) mass is 401 g/mol. The number of aliphatic carboxylic acids is 2. The summed E-state index contributed by atoms with van der Waals surface area (Å²) in [7, 11) is 0. The molecule has 0 saturated carbocycles. The van der Waals surface area contributed by atoms with Crippen molar-refractivity contribution in [3.8, 4) is 11.5 Å². The Bertz CT molecular complexity index is 974. The molecule has 0 unspecified atom stereocenters. The highest BCUT2D eigenvalue weighted by Crippen LogP contribution is 2.31. The summed E-state index contributed by atoms with van der Waals surface area (Å²) in [6.07, 6.45) is 0.638. The Morgan fingerprint density at radius 2 is 1.96 bits per heavy atom. The van der Waals surface area contributed by atoms with Crippen LogP contribution in [0, 0.1) is 0 Å². The number of hydrogen-bond donors (Lipinski definition) is 3. The van der Waals surface area contributed by atoms with Crippen LogP contribution < -0.4 is 10.1 Å². The lowest BCUT2D eigenvalue weighted by Gasteiger charge is -2.22. The van der Waals surface area contributed by atoms with Gasteiger partial charge in [0.05, 0.1) is 18.3 Å². The van der Waals surface area contributed by atoms with E-state index in [0.717, 1.165) is 0 Å². The Balaban J connectivity index is 1.85. The molecule has 0 saturated heterocycles. The molecule has 8 nitrogen and oxygen atoms in total. The van der Waals surface area contributed by atoms with Gasteiger partial charge in [-0.3, -0.25) is 4.99 Å². The molecule has 1 aliphatic heterocycles. The number of halogens is 1. The number of nitrogens with one attached hydrogen (secondary N) is 1. The van der Waals surface area contributed by atoms with Crippen LogP contribution in [0.1, 0.15) is 0 Å². The first kappa shape index (κ1) is 19.2. The van der Waals surface area contributed by atoms with Crippen LogP contribution in [-0.2, 0) is 9.59 Å². The molecule has 0 aromatic heterocycles. The quantitative estimate of drug-likeness (QED) is 0.637. The van der Waals surface area contributed by atoms with Crippen LogP contribution in [-0.4, -0.2) is 46.1 Å². The summed E-state index contributed by atoms with van der Waals surface area (Å²) >= 11 is 5.98. The van der Waals surface area contributed by atoms with Gasteiger partial charge in [-0.1, -0.05) is 29.8 Å².